The summed E-state index contributed by atoms with van der Waals surface area (Å²) in [6, 6.07) is 8.33. The second kappa shape index (κ2) is 9.75. The molecule has 1 saturated carbocycles. The van der Waals surface area contributed by atoms with Crippen molar-refractivity contribution in [1.29, 1.82) is 0 Å². The van der Waals surface area contributed by atoms with E-state index in [4.69, 9.17) is 9.47 Å². The van der Waals surface area contributed by atoms with Gasteiger partial charge >= 0.3 is 0 Å². The summed E-state index contributed by atoms with van der Waals surface area (Å²) >= 11 is 0. The van der Waals surface area contributed by atoms with Crippen molar-refractivity contribution in [3.8, 4) is 5.75 Å². The molecule has 1 aliphatic carbocycles. The molecule has 5 heteroatoms. The van der Waals surface area contributed by atoms with E-state index in [-0.39, 0.29) is 5.91 Å². The Morgan fingerprint density at radius 2 is 1.93 bits per heavy atom. The van der Waals surface area contributed by atoms with Crippen LogP contribution in [0.5, 0.6) is 5.75 Å². The SMILES string of the molecule is CCCO[C@@](C)(C(=O)Nc1ccc(OCCN2CCCC[C@@H]2C)cc1)C1CC1. The monoisotopic (exact) mass is 388 g/mol. The van der Waals surface area contributed by atoms with Crippen molar-refractivity contribution in [3.05, 3.63) is 24.3 Å². The zero-order valence-corrected chi connectivity index (χ0v) is 17.7. The zero-order chi connectivity index (χ0) is 20.0. The Labute approximate surface area is 169 Å². The third-order valence-electron chi connectivity index (χ3n) is 6.11. The number of likely N-dealkylation sites (tertiary alicyclic amines) is 1. The number of carbonyl (C=O) groups excluding carboxylic acids is 1. The molecule has 1 heterocycles. The molecule has 5 nitrogen and oxygen atoms in total. The molecule has 1 aromatic carbocycles. The number of amides is 1. The Morgan fingerprint density at radius 3 is 2.57 bits per heavy atom. The number of nitrogens with one attached hydrogen (secondary N) is 1. The number of hydrogen-bond acceptors (Lipinski definition) is 4. The van der Waals surface area contributed by atoms with E-state index in [9.17, 15) is 4.79 Å². The summed E-state index contributed by atoms with van der Waals surface area (Å²) in [7, 11) is 0. The maximum Gasteiger partial charge on any atom is 0.256 e. The van der Waals surface area contributed by atoms with Crippen LogP contribution in [0.4, 0.5) is 5.69 Å². The first-order valence-corrected chi connectivity index (χ1v) is 10.9. The van der Waals surface area contributed by atoms with Crippen molar-refractivity contribution in [3.63, 3.8) is 0 Å². The fourth-order valence-corrected chi connectivity index (χ4v) is 3.98. The van der Waals surface area contributed by atoms with E-state index in [1.54, 1.807) is 0 Å². The summed E-state index contributed by atoms with van der Waals surface area (Å²) < 4.78 is 11.8. The largest absolute Gasteiger partial charge is 0.492 e. The fourth-order valence-electron chi connectivity index (χ4n) is 3.98. The van der Waals surface area contributed by atoms with Gasteiger partial charge in [-0.1, -0.05) is 13.3 Å². The molecule has 0 unspecified atom stereocenters. The van der Waals surface area contributed by atoms with Crippen molar-refractivity contribution in [2.45, 2.75) is 70.9 Å². The minimum Gasteiger partial charge on any atom is -0.492 e. The van der Waals surface area contributed by atoms with Gasteiger partial charge in [0, 0.05) is 24.9 Å². The maximum atomic E-state index is 12.8. The van der Waals surface area contributed by atoms with Gasteiger partial charge in [-0.15, -0.1) is 0 Å². The summed E-state index contributed by atoms with van der Waals surface area (Å²) in [5, 5.41) is 3.03. The highest BCUT2D eigenvalue weighted by atomic mass is 16.5. The molecule has 2 aliphatic rings. The molecule has 0 aromatic heterocycles. The first kappa shape index (κ1) is 21.1. The number of anilines is 1. The summed E-state index contributed by atoms with van der Waals surface area (Å²) in [5.74, 6) is 1.13. The van der Waals surface area contributed by atoms with Crippen LogP contribution in [0.25, 0.3) is 0 Å². The summed E-state index contributed by atoms with van der Waals surface area (Å²) in [5.41, 5.74) is 0.0602. The normalized spacial score (nSPS) is 22.5. The van der Waals surface area contributed by atoms with E-state index < -0.39 is 5.60 Å². The van der Waals surface area contributed by atoms with Crippen LogP contribution >= 0.6 is 0 Å². The summed E-state index contributed by atoms with van der Waals surface area (Å²) in [4.78, 5) is 15.3. The lowest BCUT2D eigenvalue weighted by atomic mass is 9.98. The molecule has 3 rings (SSSR count). The summed E-state index contributed by atoms with van der Waals surface area (Å²) in [6.45, 7) is 9.74. The van der Waals surface area contributed by atoms with Gasteiger partial charge in [0.2, 0.25) is 0 Å². The number of piperidine rings is 1. The van der Waals surface area contributed by atoms with E-state index in [1.807, 2.05) is 31.2 Å². The van der Waals surface area contributed by atoms with Crippen LogP contribution in [-0.2, 0) is 9.53 Å². The second-order valence-electron chi connectivity index (χ2n) is 8.44. The van der Waals surface area contributed by atoms with Crippen LogP contribution in [0.15, 0.2) is 24.3 Å². The minimum absolute atomic E-state index is 0.0452. The Balaban J connectivity index is 1.47. The van der Waals surface area contributed by atoms with Gasteiger partial charge in [-0.2, -0.15) is 0 Å². The topological polar surface area (TPSA) is 50.8 Å². The molecule has 2 atom stereocenters. The number of nitrogens with zero attached hydrogens (tertiary/aromatic N) is 1. The molecule has 1 N–H and O–H groups in total. The van der Waals surface area contributed by atoms with Gasteiger partial charge in [-0.25, -0.2) is 0 Å². The number of hydrogen-bond donors (Lipinski definition) is 1. The Kier molecular flexibility index (Phi) is 7.36. The van der Waals surface area contributed by atoms with Gasteiger partial charge in [-0.3, -0.25) is 9.69 Å². The van der Waals surface area contributed by atoms with E-state index in [0.717, 1.165) is 37.2 Å². The molecule has 0 spiro atoms. The molecule has 1 aromatic rings. The smallest absolute Gasteiger partial charge is 0.256 e. The molecule has 0 radical (unpaired) electrons. The third kappa shape index (κ3) is 5.48. The quantitative estimate of drug-likeness (QED) is 0.642. The Bertz CT molecular complexity index is 629. The van der Waals surface area contributed by atoms with Gasteiger partial charge in [0.05, 0.1) is 0 Å². The Hall–Kier alpha value is -1.59. The number of carbonyl (C=O) groups is 1. The van der Waals surface area contributed by atoms with Crippen LogP contribution in [0.3, 0.4) is 0 Å². The lowest BCUT2D eigenvalue weighted by Gasteiger charge is -2.33. The molecular weight excluding hydrogens is 352 g/mol. The molecule has 156 valence electrons. The fraction of sp³-hybridized carbons (Fsp3) is 0.696. The average Bonchev–Trinajstić information content (AvgIpc) is 3.54. The third-order valence-corrected chi connectivity index (χ3v) is 6.11. The van der Waals surface area contributed by atoms with Crippen LogP contribution in [0, 0.1) is 5.92 Å². The van der Waals surface area contributed by atoms with Gasteiger partial charge < -0.3 is 14.8 Å². The Morgan fingerprint density at radius 1 is 1.18 bits per heavy atom. The standard InChI is InChI=1S/C23H36N2O3/c1-4-16-28-23(3,19-8-9-19)22(26)24-20-10-12-21(13-11-20)27-17-15-25-14-6-5-7-18(25)2/h10-13,18-19H,4-9,14-17H2,1-3H3,(H,24,26)/t18-,23+/m0/s1. The van der Waals surface area contributed by atoms with E-state index in [2.05, 4.69) is 24.1 Å². The second-order valence-corrected chi connectivity index (χ2v) is 8.44. The maximum absolute atomic E-state index is 12.8. The van der Waals surface area contributed by atoms with Gasteiger partial charge in [0.25, 0.3) is 5.91 Å². The number of benzene rings is 1. The highest BCUT2D eigenvalue weighted by Gasteiger charge is 2.48. The van der Waals surface area contributed by atoms with Gasteiger partial charge in [-0.05, 0) is 82.7 Å². The van der Waals surface area contributed by atoms with Crippen molar-refractivity contribution in [2.75, 3.05) is 31.6 Å². The first-order valence-electron chi connectivity index (χ1n) is 10.9. The van der Waals surface area contributed by atoms with E-state index >= 15 is 0 Å². The molecule has 0 bridgehead atoms. The molecule has 28 heavy (non-hydrogen) atoms. The summed E-state index contributed by atoms with van der Waals surface area (Å²) in [6.07, 6.45) is 6.97. The molecule has 1 aliphatic heterocycles. The van der Waals surface area contributed by atoms with E-state index in [0.29, 0.717) is 25.2 Å². The highest BCUT2D eigenvalue weighted by Crippen LogP contribution is 2.42. The lowest BCUT2D eigenvalue weighted by molar-refractivity contribution is -0.142. The van der Waals surface area contributed by atoms with Gasteiger partial charge in [0.15, 0.2) is 0 Å². The molecule has 1 saturated heterocycles. The molecule has 2 fully saturated rings. The zero-order valence-electron chi connectivity index (χ0n) is 17.7. The van der Waals surface area contributed by atoms with Crippen molar-refractivity contribution in [2.24, 2.45) is 5.92 Å². The van der Waals surface area contributed by atoms with Crippen LogP contribution in [-0.4, -0.2) is 48.8 Å². The van der Waals surface area contributed by atoms with Crippen molar-refractivity contribution < 1.29 is 14.3 Å². The highest BCUT2D eigenvalue weighted by molar-refractivity contribution is 5.97. The van der Waals surface area contributed by atoms with Gasteiger partial charge in [0.1, 0.15) is 18.0 Å². The van der Waals surface area contributed by atoms with Crippen LogP contribution in [0.1, 0.15) is 59.3 Å². The number of ether oxygens (including phenoxy) is 2. The van der Waals surface area contributed by atoms with Crippen LogP contribution in [0.2, 0.25) is 0 Å². The van der Waals surface area contributed by atoms with Crippen LogP contribution < -0.4 is 10.1 Å². The van der Waals surface area contributed by atoms with Crippen molar-refractivity contribution in [1.82, 2.24) is 4.90 Å². The van der Waals surface area contributed by atoms with E-state index in [1.165, 1.54) is 25.8 Å². The number of rotatable bonds is 10. The molecule has 1 amide bonds. The average molecular weight is 389 g/mol. The van der Waals surface area contributed by atoms with Crippen molar-refractivity contribution >= 4 is 11.6 Å². The molecular formula is C23H36N2O3. The predicted molar refractivity (Wildman–Crippen MR) is 113 cm³/mol. The predicted octanol–water partition coefficient (Wildman–Crippen LogP) is 4.47. The lowest BCUT2D eigenvalue weighted by Crippen LogP contribution is -2.45. The first-order chi connectivity index (χ1) is 13.5. The minimum atomic E-state index is -0.726.